The largest absolute Gasteiger partial charge is 0.325 e. The SMILES string of the molecule is CC(Sc1nncn1-c1ccccc1F)C(=O)Nc1ccccc1. The van der Waals surface area contributed by atoms with Gasteiger partial charge in [0.05, 0.1) is 10.9 Å². The van der Waals surface area contributed by atoms with Crippen LogP contribution in [0.3, 0.4) is 0 Å². The van der Waals surface area contributed by atoms with Gasteiger partial charge >= 0.3 is 0 Å². The summed E-state index contributed by atoms with van der Waals surface area (Å²) in [5.74, 6) is -0.533. The summed E-state index contributed by atoms with van der Waals surface area (Å²) >= 11 is 1.22. The molecule has 0 aliphatic rings. The van der Waals surface area contributed by atoms with Gasteiger partial charge in [-0.25, -0.2) is 4.39 Å². The van der Waals surface area contributed by atoms with Crippen molar-refractivity contribution in [3.05, 3.63) is 66.7 Å². The molecule has 0 aliphatic carbocycles. The van der Waals surface area contributed by atoms with Gasteiger partial charge in [-0.05, 0) is 31.2 Å². The second kappa shape index (κ2) is 7.27. The predicted octanol–water partition coefficient (Wildman–Crippen LogP) is 3.53. The summed E-state index contributed by atoms with van der Waals surface area (Å²) in [7, 11) is 0. The van der Waals surface area contributed by atoms with Crippen molar-refractivity contribution in [1.29, 1.82) is 0 Å². The third-order valence-electron chi connectivity index (χ3n) is 3.32. The molecule has 1 atom stereocenters. The number of carbonyl (C=O) groups excluding carboxylic acids is 1. The lowest BCUT2D eigenvalue weighted by Gasteiger charge is -2.12. The summed E-state index contributed by atoms with van der Waals surface area (Å²) in [6.07, 6.45) is 1.43. The second-order valence-electron chi connectivity index (χ2n) is 5.05. The van der Waals surface area contributed by atoms with Gasteiger partial charge < -0.3 is 5.32 Å². The van der Waals surface area contributed by atoms with Crippen molar-refractivity contribution in [2.24, 2.45) is 0 Å². The van der Waals surface area contributed by atoms with Crippen molar-refractivity contribution < 1.29 is 9.18 Å². The maximum Gasteiger partial charge on any atom is 0.237 e. The molecule has 3 aromatic rings. The van der Waals surface area contributed by atoms with Crippen LogP contribution in [0.1, 0.15) is 6.92 Å². The highest BCUT2D eigenvalue weighted by Gasteiger charge is 2.19. The van der Waals surface area contributed by atoms with Crippen LogP contribution in [-0.4, -0.2) is 25.9 Å². The Morgan fingerprint density at radius 3 is 2.62 bits per heavy atom. The maximum absolute atomic E-state index is 14.0. The van der Waals surface area contributed by atoms with E-state index in [1.807, 2.05) is 30.3 Å². The van der Waals surface area contributed by atoms with E-state index in [9.17, 15) is 9.18 Å². The van der Waals surface area contributed by atoms with Crippen molar-refractivity contribution in [2.75, 3.05) is 5.32 Å². The molecule has 0 saturated heterocycles. The molecular formula is C17H15FN4OS. The molecule has 0 saturated carbocycles. The monoisotopic (exact) mass is 342 g/mol. The predicted molar refractivity (Wildman–Crippen MR) is 91.7 cm³/mol. The number of hydrogen-bond acceptors (Lipinski definition) is 4. The molecule has 7 heteroatoms. The highest BCUT2D eigenvalue weighted by atomic mass is 32.2. The van der Waals surface area contributed by atoms with Crippen LogP contribution in [-0.2, 0) is 4.79 Å². The number of anilines is 1. The first kappa shape index (κ1) is 16.2. The van der Waals surface area contributed by atoms with Crippen molar-refractivity contribution >= 4 is 23.4 Å². The van der Waals surface area contributed by atoms with Crippen LogP contribution in [0.15, 0.2) is 66.1 Å². The Balaban J connectivity index is 1.74. The number of nitrogens with zero attached hydrogens (tertiary/aromatic N) is 3. The van der Waals surface area contributed by atoms with Gasteiger partial charge in [-0.1, -0.05) is 42.1 Å². The fourth-order valence-corrected chi connectivity index (χ4v) is 2.93. The minimum absolute atomic E-state index is 0.158. The lowest BCUT2D eigenvalue weighted by Crippen LogP contribution is -2.22. The molecule has 0 spiro atoms. The molecule has 1 unspecified atom stereocenters. The molecule has 122 valence electrons. The number of benzene rings is 2. The lowest BCUT2D eigenvalue weighted by atomic mass is 10.3. The first-order valence-corrected chi connectivity index (χ1v) is 8.20. The van der Waals surface area contributed by atoms with Crippen molar-refractivity contribution in [3.63, 3.8) is 0 Å². The van der Waals surface area contributed by atoms with E-state index in [4.69, 9.17) is 0 Å². The fraction of sp³-hybridized carbons (Fsp3) is 0.118. The third kappa shape index (κ3) is 3.62. The Morgan fingerprint density at radius 2 is 1.88 bits per heavy atom. The summed E-state index contributed by atoms with van der Waals surface area (Å²) in [5, 5.41) is 10.7. The quantitative estimate of drug-likeness (QED) is 0.721. The molecular weight excluding hydrogens is 327 g/mol. The van der Waals surface area contributed by atoms with Gasteiger partial charge in [-0.3, -0.25) is 9.36 Å². The smallest absolute Gasteiger partial charge is 0.237 e. The Labute approximate surface area is 142 Å². The Hall–Kier alpha value is -2.67. The second-order valence-corrected chi connectivity index (χ2v) is 6.36. The van der Waals surface area contributed by atoms with E-state index in [0.29, 0.717) is 10.8 Å². The molecule has 1 N–H and O–H groups in total. The topological polar surface area (TPSA) is 59.8 Å². The van der Waals surface area contributed by atoms with E-state index in [1.165, 1.54) is 28.7 Å². The van der Waals surface area contributed by atoms with Crippen molar-refractivity contribution in [3.8, 4) is 5.69 Å². The normalized spacial score (nSPS) is 11.9. The number of carbonyl (C=O) groups is 1. The average Bonchev–Trinajstić information content (AvgIpc) is 3.04. The number of nitrogens with one attached hydrogen (secondary N) is 1. The summed E-state index contributed by atoms with van der Waals surface area (Å²) in [6, 6.07) is 15.6. The van der Waals surface area contributed by atoms with E-state index in [2.05, 4.69) is 15.5 Å². The average molecular weight is 342 g/mol. The van der Waals surface area contributed by atoms with Crippen LogP contribution in [0, 0.1) is 5.82 Å². The van der Waals surface area contributed by atoms with Gasteiger partial charge in [-0.15, -0.1) is 10.2 Å². The summed E-state index contributed by atoms with van der Waals surface area (Å²) in [5.41, 5.74) is 1.08. The number of hydrogen-bond donors (Lipinski definition) is 1. The molecule has 1 heterocycles. The zero-order valence-corrected chi connectivity index (χ0v) is 13.7. The minimum Gasteiger partial charge on any atom is -0.325 e. The van der Waals surface area contributed by atoms with Crippen LogP contribution >= 0.6 is 11.8 Å². The van der Waals surface area contributed by atoms with Gasteiger partial charge in [0.15, 0.2) is 5.16 Å². The highest BCUT2D eigenvalue weighted by Crippen LogP contribution is 2.25. The van der Waals surface area contributed by atoms with E-state index in [-0.39, 0.29) is 11.7 Å². The lowest BCUT2D eigenvalue weighted by molar-refractivity contribution is -0.115. The summed E-state index contributed by atoms with van der Waals surface area (Å²) < 4.78 is 15.5. The van der Waals surface area contributed by atoms with Gasteiger partial charge in [0, 0.05) is 5.69 Å². The molecule has 0 bridgehead atoms. The summed E-state index contributed by atoms with van der Waals surface area (Å²) in [4.78, 5) is 12.3. The summed E-state index contributed by atoms with van der Waals surface area (Å²) in [6.45, 7) is 1.77. The van der Waals surface area contributed by atoms with Crippen molar-refractivity contribution in [2.45, 2.75) is 17.3 Å². The van der Waals surface area contributed by atoms with E-state index >= 15 is 0 Å². The third-order valence-corrected chi connectivity index (χ3v) is 4.38. The first-order valence-electron chi connectivity index (χ1n) is 7.32. The Bertz CT molecular complexity index is 837. The molecule has 24 heavy (non-hydrogen) atoms. The molecule has 0 aliphatic heterocycles. The molecule has 0 radical (unpaired) electrons. The van der Waals surface area contributed by atoms with E-state index in [0.717, 1.165) is 5.69 Å². The number of thioether (sulfide) groups is 1. The maximum atomic E-state index is 14.0. The molecule has 0 fully saturated rings. The van der Waals surface area contributed by atoms with Crippen LogP contribution < -0.4 is 5.32 Å². The van der Waals surface area contributed by atoms with E-state index < -0.39 is 5.25 Å². The van der Waals surface area contributed by atoms with E-state index in [1.54, 1.807) is 25.1 Å². The fourth-order valence-electron chi connectivity index (χ4n) is 2.09. The molecule has 2 aromatic carbocycles. The van der Waals surface area contributed by atoms with Crippen molar-refractivity contribution in [1.82, 2.24) is 14.8 Å². The molecule has 3 rings (SSSR count). The van der Waals surface area contributed by atoms with Gasteiger partial charge in [0.1, 0.15) is 12.1 Å². The first-order chi connectivity index (χ1) is 11.6. The van der Waals surface area contributed by atoms with Crippen LogP contribution in [0.5, 0.6) is 0 Å². The molecule has 5 nitrogen and oxygen atoms in total. The highest BCUT2D eigenvalue weighted by molar-refractivity contribution is 8.00. The minimum atomic E-state index is -0.417. The standard InChI is InChI=1S/C17H15FN4OS/c1-12(16(23)20-13-7-3-2-4-8-13)24-17-21-19-11-22(17)15-10-6-5-9-14(15)18/h2-12H,1H3,(H,20,23). The number of halogens is 1. The number of para-hydroxylation sites is 2. The Morgan fingerprint density at radius 1 is 1.17 bits per heavy atom. The van der Waals surface area contributed by atoms with Crippen LogP contribution in [0.2, 0.25) is 0 Å². The molecule has 1 amide bonds. The van der Waals surface area contributed by atoms with Gasteiger partial charge in [-0.2, -0.15) is 0 Å². The number of amides is 1. The van der Waals surface area contributed by atoms with Crippen LogP contribution in [0.25, 0.3) is 5.69 Å². The van der Waals surface area contributed by atoms with Gasteiger partial charge in [0.25, 0.3) is 0 Å². The Kier molecular flexibility index (Phi) is 4.90. The molecule has 1 aromatic heterocycles. The van der Waals surface area contributed by atoms with Gasteiger partial charge in [0.2, 0.25) is 5.91 Å². The number of rotatable bonds is 5. The van der Waals surface area contributed by atoms with Crippen LogP contribution in [0.4, 0.5) is 10.1 Å². The zero-order valence-electron chi connectivity index (χ0n) is 12.9. The number of aromatic nitrogens is 3. The zero-order chi connectivity index (χ0) is 16.9.